The highest BCUT2D eigenvalue weighted by molar-refractivity contribution is 7.92. The summed E-state index contributed by atoms with van der Waals surface area (Å²) in [4.78, 5) is 28.1. The van der Waals surface area contributed by atoms with Crippen LogP contribution in [-0.4, -0.2) is 65.1 Å². The predicted molar refractivity (Wildman–Crippen MR) is 167 cm³/mol. The molecule has 3 aromatic rings. The van der Waals surface area contributed by atoms with Crippen molar-refractivity contribution >= 4 is 50.7 Å². The molecule has 1 atom stereocenters. The van der Waals surface area contributed by atoms with E-state index in [1.54, 1.807) is 56.3 Å². The van der Waals surface area contributed by atoms with Crippen LogP contribution in [0.4, 0.5) is 5.69 Å². The van der Waals surface area contributed by atoms with Crippen LogP contribution in [0.3, 0.4) is 0 Å². The molecule has 0 saturated heterocycles. The molecule has 0 bridgehead atoms. The molecule has 13 heteroatoms. The standard InChI is InChI=1S/C30H35Cl2N3O7S/c1-6-33-30(37)20(3)34(18-24-25(31)9-8-10-26(24)32)29(36)19-35(21-11-13-22(14-12-21)42-7-2)43(38,39)23-15-16-27(40-4)28(17-23)41-5/h8-17,20H,6-7,18-19H2,1-5H3,(H,33,37)/t20-/m1/s1. The van der Waals surface area contributed by atoms with Crippen LogP contribution in [-0.2, 0) is 26.2 Å². The van der Waals surface area contributed by atoms with Crippen LogP contribution >= 0.6 is 23.2 Å². The summed E-state index contributed by atoms with van der Waals surface area (Å²) in [5.74, 6) is -0.0203. The fourth-order valence-corrected chi connectivity index (χ4v) is 6.21. The van der Waals surface area contributed by atoms with Gasteiger partial charge in [-0.05, 0) is 69.3 Å². The smallest absolute Gasteiger partial charge is 0.264 e. The first-order chi connectivity index (χ1) is 20.5. The number of amides is 2. The van der Waals surface area contributed by atoms with Crippen LogP contribution in [0, 0.1) is 0 Å². The molecule has 0 heterocycles. The number of anilines is 1. The zero-order valence-corrected chi connectivity index (χ0v) is 26.9. The molecule has 0 unspecified atom stereocenters. The molecule has 43 heavy (non-hydrogen) atoms. The molecular formula is C30H35Cl2N3O7S. The van der Waals surface area contributed by atoms with Gasteiger partial charge in [-0.2, -0.15) is 0 Å². The lowest BCUT2D eigenvalue weighted by Gasteiger charge is -2.32. The van der Waals surface area contributed by atoms with Gasteiger partial charge in [-0.15, -0.1) is 0 Å². The van der Waals surface area contributed by atoms with Gasteiger partial charge in [0.15, 0.2) is 11.5 Å². The number of rotatable bonds is 14. The Morgan fingerprint density at radius 2 is 1.56 bits per heavy atom. The Morgan fingerprint density at radius 1 is 0.930 bits per heavy atom. The molecule has 0 aromatic heterocycles. The van der Waals surface area contributed by atoms with Gasteiger partial charge in [-0.1, -0.05) is 29.3 Å². The summed E-state index contributed by atoms with van der Waals surface area (Å²) in [6, 6.07) is 14.4. The van der Waals surface area contributed by atoms with Crippen molar-refractivity contribution in [1.29, 1.82) is 0 Å². The first-order valence-corrected chi connectivity index (χ1v) is 15.7. The van der Waals surface area contributed by atoms with Crippen molar-refractivity contribution in [2.45, 2.75) is 38.3 Å². The number of hydrogen-bond acceptors (Lipinski definition) is 7. The van der Waals surface area contributed by atoms with Gasteiger partial charge in [0, 0.05) is 34.8 Å². The SMILES string of the molecule is CCNC(=O)[C@@H](C)N(Cc1c(Cl)cccc1Cl)C(=O)CN(c1ccc(OCC)cc1)S(=O)(=O)c1ccc(OC)c(OC)c1. The average Bonchev–Trinajstić information content (AvgIpc) is 2.99. The minimum absolute atomic E-state index is 0.135. The summed E-state index contributed by atoms with van der Waals surface area (Å²) >= 11 is 12.8. The number of carbonyl (C=O) groups is 2. The highest BCUT2D eigenvalue weighted by Crippen LogP contribution is 2.33. The lowest BCUT2D eigenvalue weighted by molar-refractivity contribution is -0.139. The molecule has 2 amide bonds. The van der Waals surface area contributed by atoms with Gasteiger partial charge in [-0.25, -0.2) is 8.42 Å². The van der Waals surface area contributed by atoms with E-state index in [4.69, 9.17) is 37.4 Å². The Hall–Kier alpha value is -3.67. The van der Waals surface area contributed by atoms with E-state index >= 15 is 0 Å². The average molecular weight is 653 g/mol. The number of hydrogen-bond donors (Lipinski definition) is 1. The third-order valence-electron chi connectivity index (χ3n) is 6.57. The van der Waals surface area contributed by atoms with E-state index in [1.165, 1.54) is 37.3 Å². The van der Waals surface area contributed by atoms with Crippen LogP contribution in [0.2, 0.25) is 10.0 Å². The zero-order chi connectivity index (χ0) is 31.7. The largest absolute Gasteiger partial charge is 0.494 e. The number of carbonyl (C=O) groups excluding carboxylic acids is 2. The molecule has 0 radical (unpaired) electrons. The van der Waals surface area contributed by atoms with Crippen molar-refractivity contribution in [3.05, 3.63) is 76.3 Å². The monoisotopic (exact) mass is 651 g/mol. The van der Waals surface area contributed by atoms with Gasteiger partial charge in [0.25, 0.3) is 10.0 Å². The number of nitrogens with one attached hydrogen (secondary N) is 1. The maximum Gasteiger partial charge on any atom is 0.264 e. The maximum absolute atomic E-state index is 14.1. The molecule has 1 N–H and O–H groups in total. The molecule has 232 valence electrons. The Kier molecular flexibility index (Phi) is 11.9. The zero-order valence-electron chi connectivity index (χ0n) is 24.6. The van der Waals surface area contributed by atoms with Gasteiger partial charge in [0.05, 0.1) is 31.4 Å². The minimum atomic E-state index is -4.35. The van der Waals surface area contributed by atoms with Crippen molar-refractivity contribution < 1.29 is 32.2 Å². The molecule has 3 rings (SSSR count). The molecule has 0 aliphatic carbocycles. The van der Waals surface area contributed by atoms with Gasteiger partial charge in [0.2, 0.25) is 11.8 Å². The minimum Gasteiger partial charge on any atom is -0.494 e. The predicted octanol–water partition coefficient (Wildman–Crippen LogP) is 5.16. The third kappa shape index (κ3) is 8.04. The summed E-state index contributed by atoms with van der Waals surface area (Å²) in [7, 11) is -1.53. The van der Waals surface area contributed by atoms with Gasteiger partial charge in [-0.3, -0.25) is 13.9 Å². The van der Waals surface area contributed by atoms with Crippen LogP contribution in [0.25, 0.3) is 0 Å². The normalized spacial score (nSPS) is 11.8. The van der Waals surface area contributed by atoms with Crippen molar-refractivity contribution in [3.8, 4) is 17.2 Å². The second-order valence-corrected chi connectivity index (χ2v) is 11.9. The highest BCUT2D eigenvalue weighted by atomic mass is 35.5. The lowest BCUT2D eigenvalue weighted by atomic mass is 10.1. The summed E-state index contributed by atoms with van der Waals surface area (Å²) in [5, 5.41) is 3.31. The van der Waals surface area contributed by atoms with Gasteiger partial charge < -0.3 is 24.4 Å². The molecule has 0 saturated carbocycles. The van der Waals surface area contributed by atoms with E-state index in [-0.39, 0.29) is 22.9 Å². The van der Waals surface area contributed by atoms with Crippen molar-refractivity contribution in [3.63, 3.8) is 0 Å². The number of benzene rings is 3. The molecule has 0 spiro atoms. The molecule has 0 aliphatic heterocycles. The van der Waals surface area contributed by atoms with E-state index < -0.39 is 34.4 Å². The fraction of sp³-hybridized carbons (Fsp3) is 0.333. The van der Waals surface area contributed by atoms with Crippen molar-refractivity contribution in [2.75, 3.05) is 38.2 Å². The second-order valence-electron chi connectivity index (χ2n) is 9.25. The van der Waals surface area contributed by atoms with Gasteiger partial charge >= 0.3 is 0 Å². The molecule has 0 fully saturated rings. The topological polar surface area (TPSA) is 114 Å². The van der Waals surface area contributed by atoms with E-state index in [0.29, 0.717) is 40.3 Å². The van der Waals surface area contributed by atoms with E-state index in [9.17, 15) is 18.0 Å². The fourth-order valence-electron chi connectivity index (χ4n) is 4.27. The van der Waals surface area contributed by atoms with Crippen LogP contribution in [0.1, 0.15) is 26.3 Å². The molecule has 10 nitrogen and oxygen atoms in total. The first-order valence-electron chi connectivity index (χ1n) is 13.5. The number of ether oxygens (including phenoxy) is 3. The molecular weight excluding hydrogens is 617 g/mol. The van der Waals surface area contributed by atoms with Crippen LogP contribution < -0.4 is 23.8 Å². The molecule has 3 aromatic carbocycles. The number of methoxy groups -OCH3 is 2. The second kappa shape index (κ2) is 15.2. The highest BCUT2D eigenvalue weighted by Gasteiger charge is 2.33. The van der Waals surface area contributed by atoms with Crippen LogP contribution in [0.5, 0.6) is 17.2 Å². The molecule has 0 aliphatic rings. The summed E-state index contributed by atoms with van der Waals surface area (Å²) in [6.45, 7) is 5.12. The van der Waals surface area contributed by atoms with Crippen molar-refractivity contribution in [2.24, 2.45) is 0 Å². The quantitative estimate of drug-likeness (QED) is 0.256. The first kappa shape index (κ1) is 33.8. The van der Waals surface area contributed by atoms with E-state index in [0.717, 1.165) is 4.31 Å². The number of likely N-dealkylation sites (N-methyl/N-ethyl adjacent to an activating group) is 1. The van der Waals surface area contributed by atoms with Crippen molar-refractivity contribution in [1.82, 2.24) is 10.2 Å². The summed E-state index contributed by atoms with van der Waals surface area (Å²) in [5.41, 5.74) is 0.624. The van der Waals surface area contributed by atoms with E-state index in [2.05, 4.69) is 5.32 Å². The Labute approximate surface area is 262 Å². The Morgan fingerprint density at radius 3 is 2.12 bits per heavy atom. The number of nitrogens with zero attached hydrogens (tertiary/aromatic N) is 2. The Balaban J connectivity index is 2.11. The van der Waals surface area contributed by atoms with Crippen LogP contribution in [0.15, 0.2) is 65.6 Å². The maximum atomic E-state index is 14.1. The van der Waals surface area contributed by atoms with Gasteiger partial charge in [0.1, 0.15) is 18.3 Å². The lowest BCUT2D eigenvalue weighted by Crippen LogP contribution is -2.51. The summed E-state index contributed by atoms with van der Waals surface area (Å²) < 4.78 is 45.4. The number of halogens is 2. The Bertz CT molecular complexity index is 1510. The van der Waals surface area contributed by atoms with E-state index in [1.807, 2.05) is 6.92 Å². The number of sulfonamides is 1. The third-order valence-corrected chi connectivity index (χ3v) is 9.04. The summed E-state index contributed by atoms with van der Waals surface area (Å²) in [6.07, 6.45) is 0.